The summed E-state index contributed by atoms with van der Waals surface area (Å²) >= 11 is 0. The molecule has 0 radical (unpaired) electrons. The first-order valence-corrected chi connectivity index (χ1v) is 15.4. The topological polar surface area (TPSA) is 132 Å². The van der Waals surface area contributed by atoms with Crippen LogP contribution in [-0.4, -0.2) is 86.0 Å². The number of rotatable bonds is 13. The van der Waals surface area contributed by atoms with Crippen LogP contribution < -0.4 is 15.0 Å². The third-order valence-corrected chi connectivity index (χ3v) is 10.2. The lowest BCUT2D eigenvalue weighted by molar-refractivity contribution is -0.143. The number of halogens is 4. The lowest BCUT2D eigenvalue weighted by atomic mass is 9.95. The Hall–Kier alpha value is -3.37. The van der Waals surface area contributed by atoms with Gasteiger partial charge in [-0.05, 0) is 54.8 Å². The van der Waals surface area contributed by atoms with Gasteiger partial charge in [0.25, 0.3) is 5.91 Å². The van der Waals surface area contributed by atoms with E-state index >= 15 is 0 Å². The van der Waals surface area contributed by atoms with Crippen LogP contribution in [0, 0.1) is 0 Å². The lowest BCUT2D eigenvalue weighted by Gasteiger charge is -2.39. The molecule has 11 nitrogen and oxygen atoms in total. The minimum Gasteiger partial charge on any atom is -0.497 e. The molecule has 0 aliphatic carbocycles. The summed E-state index contributed by atoms with van der Waals surface area (Å²) in [6.45, 7) is 1.66. The Morgan fingerprint density at radius 3 is 2.18 bits per heavy atom. The highest BCUT2D eigenvalue weighted by molar-refractivity contribution is 7.93. The van der Waals surface area contributed by atoms with E-state index in [1.807, 2.05) is 4.90 Å². The van der Waals surface area contributed by atoms with E-state index in [1.165, 1.54) is 55.2 Å². The van der Waals surface area contributed by atoms with Gasteiger partial charge in [0.05, 0.1) is 31.4 Å². The van der Waals surface area contributed by atoms with Gasteiger partial charge < -0.3 is 19.1 Å². The minimum absolute atomic E-state index is 0. The fourth-order valence-electron chi connectivity index (χ4n) is 5.26. The smallest absolute Gasteiger partial charge is 0.433 e. The number of hydroxylamine groups is 1. The van der Waals surface area contributed by atoms with Crippen molar-refractivity contribution in [3.05, 3.63) is 60.4 Å². The fourth-order valence-corrected chi connectivity index (χ4v) is 7.21. The highest BCUT2D eigenvalue weighted by Gasteiger charge is 2.52. The van der Waals surface area contributed by atoms with Crippen LogP contribution in [-0.2, 0) is 32.1 Å². The quantitative estimate of drug-likeness (QED) is 0.155. The number of amides is 1. The first-order valence-electron chi connectivity index (χ1n) is 13.9. The molecule has 0 saturated carbocycles. The van der Waals surface area contributed by atoms with E-state index < -0.39 is 32.4 Å². The molecule has 2 heterocycles. The van der Waals surface area contributed by atoms with Gasteiger partial charge in [0.15, 0.2) is 14.6 Å². The Kier molecular flexibility index (Phi) is 12.3. The molecule has 0 atom stereocenters. The zero-order valence-corrected chi connectivity index (χ0v) is 26.4. The number of carbonyl (C=O) groups is 1. The molecule has 4 rings (SSSR count). The molecule has 0 unspecified atom stereocenters. The van der Waals surface area contributed by atoms with E-state index in [1.54, 1.807) is 19.2 Å². The number of alkyl halides is 3. The molecule has 2 N–H and O–H groups in total. The molecule has 1 fully saturated rings. The highest BCUT2D eigenvalue weighted by Crippen LogP contribution is 2.38. The second-order valence-corrected chi connectivity index (χ2v) is 12.6. The number of methoxy groups -OCH3 is 2. The number of carbonyl (C=O) groups excluding carboxylic acids is 1. The number of ether oxygens (including phenoxy) is 3. The van der Waals surface area contributed by atoms with E-state index in [-0.39, 0.29) is 55.3 Å². The van der Waals surface area contributed by atoms with Crippen LogP contribution in [0.5, 0.6) is 11.5 Å². The number of likely N-dealkylation sites (tertiary alicyclic amines) is 1. The van der Waals surface area contributed by atoms with Crippen LogP contribution in [0.2, 0.25) is 0 Å². The molecule has 0 bridgehead atoms. The van der Waals surface area contributed by atoms with Crippen molar-refractivity contribution >= 4 is 28.2 Å². The number of hydrogen-bond donors (Lipinski definition) is 2. The third-order valence-electron chi connectivity index (χ3n) is 7.73. The highest BCUT2D eigenvalue weighted by atomic mass is 35.5. The van der Waals surface area contributed by atoms with Crippen LogP contribution in [0.3, 0.4) is 0 Å². The molecule has 3 aromatic rings. The number of nitrogens with zero attached hydrogens (tertiary/aromatic N) is 3. The monoisotopic (exact) mass is 676 g/mol. The van der Waals surface area contributed by atoms with Gasteiger partial charge in [-0.1, -0.05) is 12.1 Å². The Morgan fingerprint density at radius 1 is 1.00 bits per heavy atom. The second kappa shape index (κ2) is 15.3. The molecule has 2 aromatic carbocycles. The zero-order valence-electron chi connectivity index (χ0n) is 24.7. The minimum atomic E-state index is -4.64. The first-order chi connectivity index (χ1) is 21.0. The number of nitrogens with one attached hydrogen (secondary N) is 1. The van der Waals surface area contributed by atoms with Gasteiger partial charge in [-0.25, -0.2) is 13.9 Å². The normalized spacial score (nSPS) is 15.2. The summed E-state index contributed by atoms with van der Waals surface area (Å²) < 4.78 is 84.1. The lowest BCUT2D eigenvalue weighted by Crippen LogP contribution is -2.57. The van der Waals surface area contributed by atoms with Gasteiger partial charge in [0, 0.05) is 45.3 Å². The maximum Gasteiger partial charge on any atom is 0.433 e. The summed E-state index contributed by atoms with van der Waals surface area (Å²) in [4.78, 5) is 14.6. The average Bonchev–Trinajstić information content (AvgIpc) is 3.47. The van der Waals surface area contributed by atoms with Crippen LogP contribution in [0.15, 0.2) is 59.6 Å². The molecule has 1 saturated heterocycles. The molecule has 1 aliphatic rings. The molecule has 0 spiro atoms. The number of benzene rings is 2. The molecule has 1 aromatic heterocycles. The van der Waals surface area contributed by atoms with Crippen LogP contribution in [0.1, 0.15) is 25.0 Å². The van der Waals surface area contributed by atoms with Gasteiger partial charge in [-0.3, -0.25) is 14.7 Å². The van der Waals surface area contributed by atoms with Crippen molar-refractivity contribution in [2.75, 3.05) is 47.1 Å². The SMILES string of the molecule is COCCN1CCC(C(=O)NO)(S(=O)(=O)c2ccc(OCCCn3ncc(-c4ccc(OC)cc4)c3C(F)(F)F)cc2)CC1.Cl. The Morgan fingerprint density at radius 2 is 1.62 bits per heavy atom. The Bertz CT molecular complexity index is 1510. The standard InChI is InChI=1S/C29H35F3N4O7S.ClH/c1-41-19-17-35-15-12-28(13-16-35,27(37)34-38)44(39,40)24-10-8-23(9-11-24)43-18-3-14-36-26(29(30,31)32)25(20-33-36)21-4-6-22(42-2)7-5-21;/h4-11,20,38H,3,12-19H2,1-2H3,(H,34,37);1H. The summed E-state index contributed by atoms with van der Waals surface area (Å²) in [5.74, 6) is -0.169. The van der Waals surface area contributed by atoms with Gasteiger partial charge in [-0.2, -0.15) is 18.3 Å². The van der Waals surface area contributed by atoms with Crippen molar-refractivity contribution < 1.29 is 45.8 Å². The van der Waals surface area contributed by atoms with E-state index in [0.717, 1.165) is 4.68 Å². The van der Waals surface area contributed by atoms with Gasteiger partial charge in [-0.15, -0.1) is 12.4 Å². The van der Waals surface area contributed by atoms with Crippen molar-refractivity contribution in [1.29, 1.82) is 0 Å². The maximum absolute atomic E-state index is 14.0. The molecular weight excluding hydrogens is 641 g/mol. The number of sulfone groups is 1. The number of piperidine rings is 1. The molecule has 16 heteroatoms. The molecule has 1 aliphatic heterocycles. The molecular formula is C29H36ClF3N4O7S. The van der Waals surface area contributed by atoms with Crippen molar-refractivity contribution in [2.45, 2.75) is 41.6 Å². The maximum atomic E-state index is 14.0. The molecule has 1 amide bonds. The van der Waals surface area contributed by atoms with E-state index in [4.69, 9.17) is 14.2 Å². The Labute approximate surface area is 265 Å². The Balaban J connectivity index is 0.00000552. The van der Waals surface area contributed by atoms with E-state index in [0.29, 0.717) is 43.3 Å². The van der Waals surface area contributed by atoms with Gasteiger partial charge in [0.2, 0.25) is 0 Å². The third kappa shape index (κ3) is 7.90. The zero-order chi connectivity index (χ0) is 32.0. The van der Waals surface area contributed by atoms with Gasteiger partial charge >= 0.3 is 6.18 Å². The summed E-state index contributed by atoms with van der Waals surface area (Å²) in [6.07, 6.45) is -3.31. The predicted molar refractivity (Wildman–Crippen MR) is 160 cm³/mol. The average molecular weight is 677 g/mol. The number of aromatic nitrogens is 2. The van der Waals surface area contributed by atoms with Crippen molar-refractivity contribution in [3.63, 3.8) is 0 Å². The van der Waals surface area contributed by atoms with Gasteiger partial charge in [0.1, 0.15) is 17.2 Å². The first kappa shape index (κ1) is 36.1. The predicted octanol–water partition coefficient (Wildman–Crippen LogP) is 4.23. The summed E-state index contributed by atoms with van der Waals surface area (Å²) in [6, 6.07) is 11.7. The molecule has 45 heavy (non-hydrogen) atoms. The number of aryl methyl sites for hydroxylation is 1. The molecule has 248 valence electrons. The van der Waals surface area contributed by atoms with Crippen molar-refractivity contribution in [3.8, 4) is 22.6 Å². The van der Waals surface area contributed by atoms with E-state index in [2.05, 4.69) is 5.10 Å². The van der Waals surface area contributed by atoms with Crippen LogP contribution in [0.4, 0.5) is 13.2 Å². The summed E-state index contributed by atoms with van der Waals surface area (Å²) in [5, 5.41) is 13.3. The fraction of sp³-hybridized carbons (Fsp3) is 0.448. The van der Waals surface area contributed by atoms with E-state index in [9.17, 15) is 31.6 Å². The summed E-state index contributed by atoms with van der Waals surface area (Å²) in [7, 11) is -1.18. The largest absolute Gasteiger partial charge is 0.497 e. The van der Waals surface area contributed by atoms with Crippen LogP contribution in [0.25, 0.3) is 11.1 Å². The van der Waals surface area contributed by atoms with Crippen molar-refractivity contribution in [1.82, 2.24) is 20.2 Å². The van der Waals surface area contributed by atoms with Crippen LogP contribution >= 0.6 is 12.4 Å². The van der Waals surface area contributed by atoms with Crippen molar-refractivity contribution in [2.24, 2.45) is 0 Å². The number of hydrogen-bond acceptors (Lipinski definition) is 9. The second-order valence-electron chi connectivity index (χ2n) is 10.3. The summed E-state index contributed by atoms with van der Waals surface area (Å²) in [5.41, 5.74) is 0.959.